The molecule has 0 aliphatic carbocycles. The molecule has 3 aromatic carbocycles. The first-order chi connectivity index (χ1) is 18.4. The van der Waals surface area contributed by atoms with Crippen molar-refractivity contribution in [3.05, 3.63) is 94.7 Å². The third-order valence-electron chi connectivity index (χ3n) is 5.70. The highest BCUT2D eigenvalue weighted by molar-refractivity contribution is 6.16. The number of rotatable bonds is 9. The smallest absolute Gasteiger partial charge is 0.329 e. The number of nitrogens with one attached hydrogen (secondary N) is 2. The van der Waals surface area contributed by atoms with Crippen molar-refractivity contribution in [3.8, 4) is 17.6 Å². The van der Waals surface area contributed by atoms with E-state index < -0.39 is 24.4 Å². The fraction of sp³-hybridized carbons (Fsp3) is 0.172. The number of amides is 4. The minimum atomic E-state index is -0.679. The average molecular weight is 511 g/mol. The summed E-state index contributed by atoms with van der Waals surface area (Å²) in [5.74, 6) is -0.183. The van der Waals surface area contributed by atoms with Crippen LogP contribution in [-0.4, -0.2) is 35.9 Å². The van der Waals surface area contributed by atoms with Gasteiger partial charge in [-0.3, -0.25) is 9.59 Å². The molecule has 2 N–H and O–H groups in total. The Kier molecular flexibility index (Phi) is 8.04. The van der Waals surface area contributed by atoms with E-state index in [0.717, 1.165) is 16.0 Å². The number of anilines is 1. The van der Waals surface area contributed by atoms with Crippen molar-refractivity contribution >= 4 is 29.6 Å². The number of nitriles is 1. The van der Waals surface area contributed by atoms with Crippen LogP contribution in [0.5, 0.6) is 11.5 Å². The number of imide groups is 1. The SMILES string of the molecule is CCOc1cc(/C=C2/NC(=O)N(CC(=O)Nc3ccc(C)cc3)C2=O)ccc1OCc1ccccc1C#N. The molecule has 0 unspecified atom stereocenters. The van der Waals surface area contributed by atoms with Crippen molar-refractivity contribution < 1.29 is 23.9 Å². The summed E-state index contributed by atoms with van der Waals surface area (Å²) in [6, 6.07) is 20.9. The molecule has 9 nitrogen and oxygen atoms in total. The van der Waals surface area contributed by atoms with Crippen LogP contribution in [0.4, 0.5) is 10.5 Å². The molecule has 0 atom stereocenters. The molecule has 1 heterocycles. The summed E-state index contributed by atoms with van der Waals surface area (Å²) < 4.78 is 11.6. The van der Waals surface area contributed by atoms with Gasteiger partial charge in [-0.25, -0.2) is 9.69 Å². The van der Waals surface area contributed by atoms with E-state index in [0.29, 0.717) is 34.9 Å². The molecule has 4 rings (SSSR count). The maximum absolute atomic E-state index is 12.9. The van der Waals surface area contributed by atoms with Gasteiger partial charge in [0.05, 0.1) is 18.2 Å². The second-order valence-electron chi connectivity index (χ2n) is 8.49. The monoisotopic (exact) mass is 510 g/mol. The summed E-state index contributed by atoms with van der Waals surface area (Å²) in [6.07, 6.45) is 1.51. The molecule has 9 heteroatoms. The molecule has 3 aromatic rings. The van der Waals surface area contributed by atoms with Crippen LogP contribution in [0.15, 0.2) is 72.4 Å². The second kappa shape index (κ2) is 11.8. The van der Waals surface area contributed by atoms with Gasteiger partial charge in [-0.15, -0.1) is 0 Å². The predicted molar refractivity (Wildman–Crippen MR) is 141 cm³/mol. The average Bonchev–Trinajstić information content (AvgIpc) is 3.17. The number of urea groups is 1. The summed E-state index contributed by atoms with van der Waals surface area (Å²) in [7, 11) is 0. The van der Waals surface area contributed by atoms with Crippen molar-refractivity contribution in [1.82, 2.24) is 10.2 Å². The standard InChI is InChI=1S/C29H26N4O5/c1-3-37-26-15-20(10-13-25(26)38-18-22-7-5-4-6-21(22)16-30)14-24-28(35)33(29(36)32-24)17-27(34)31-23-11-8-19(2)9-12-23/h4-15H,3,17-18H2,1-2H3,(H,31,34)(H,32,36)/b24-14+. The van der Waals surface area contributed by atoms with Gasteiger partial charge in [-0.05, 0) is 55.8 Å². The molecule has 1 aliphatic rings. The van der Waals surface area contributed by atoms with Gasteiger partial charge in [0.1, 0.15) is 18.8 Å². The number of hydrogen-bond donors (Lipinski definition) is 2. The second-order valence-corrected chi connectivity index (χ2v) is 8.49. The maximum atomic E-state index is 12.9. The number of aryl methyl sites for hydroxylation is 1. The van der Waals surface area contributed by atoms with E-state index in [2.05, 4.69) is 16.7 Å². The maximum Gasteiger partial charge on any atom is 0.329 e. The summed E-state index contributed by atoms with van der Waals surface area (Å²) >= 11 is 0. The highest BCUT2D eigenvalue weighted by Gasteiger charge is 2.35. The van der Waals surface area contributed by atoms with Crippen LogP contribution in [0.25, 0.3) is 6.08 Å². The Morgan fingerprint density at radius 2 is 1.82 bits per heavy atom. The van der Waals surface area contributed by atoms with Crippen LogP contribution < -0.4 is 20.1 Å². The van der Waals surface area contributed by atoms with E-state index in [1.807, 2.05) is 38.1 Å². The lowest BCUT2D eigenvalue weighted by Crippen LogP contribution is -2.38. The van der Waals surface area contributed by atoms with Crippen molar-refractivity contribution in [3.63, 3.8) is 0 Å². The first-order valence-electron chi connectivity index (χ1n) is 12.0. The number of nitrogens with zero attached hydrogens (tertiary/aromatic N) is 2. The van der Waals surface area contributed by atoms with Gasteiger partial charge in [0.15, 0.2) is 11.5 Å². The topological polar surface area (TPSA) is 121 Å². The number of ether oxygens (including phenoxy) is 2. The van der Waals surface area contributed by atoms with Gasteiger partial charge in [-0.1, -0.05) is 42.0 Å². The highest BCUT2D eigenvalue weighted by Crippen LogP contribution is 2.30. The molecular formula is C29H26N4O5. The fourth-order valence-corrected chi connectivity index (χ4v) is 3.78. The third-order valence-corrected chi connectivity index (χ3v) is 5.70. The van der Waals surface area contributed by atoms with Gasteiger partial charge in [-0.2, -0.15) is 5.26 Å². The van der Waals surface area contributed by atoms with E-state index in [9.17, 15) is 19.6 Å². The first-order valence-corrected chi connectivity index (χ1v) is 12.0. The van der Waals surface area contributed by atoms with E-state index in [-0.39, 0.29) is 12.3 Å². The van der Waals surface area contributed by atoms with Crippen molar-refractivity contribution in [2.24, 2.45) is 0 Å². The molecule has 38 heavy (non-hydrogen) atoms. The third kappa shape index (κ3) is 6.17. The van der Waals surface area contributed by atoms with E-state index >= 15 is 0 Å². The molecule has 1 fully saturated rings. The van der Waals surface area contributed by atoms with Gasteiger partial charge in [0.25, 0.3) is 5.91 Å². The Morgan fingerprint density at radius 3 is 2.55 bits per heavy atom. The summed E-state index contributed by atoms with van der Waals surface area (Å²) in [4.78, 5) is 38.5. The fourth-order valence-electron chi connectivity index (χ4n) is 3.78. The lowest BCUT2D eigenvalue weighted by atomic mass is 10.1. The summed E-state index contributed by atoms with van der Waals surface area (Å²) in [5, 5.41) is 14.5. The van der Waals surface area contributed by atoms with Crippen molar-refractivity contribution in [2.75, 3.05) is 18.5 Å². The molecule has 4 amide bonds. The van der Waals surface area contributed by atoms with E-state index in [1.165, 1.54) is 6.08 Å². The summed E-state index contributed by atoms with van der Waals surface area (Å²) in [5.41, 5.74) is 3.52. The van der Waals surface area contributed by atoms with Crippen LogP contribution in [0.1, 0.15) is 29.2 Å². The van der Waals surface area contributed by atoms with Crippen molar-refractivity contribution in [1.29, 1.82) is 5.26 Å². The highest BCUT2D eigenvalue weighted by atomic mass is 16.5. The van der Waals surface area contributed by atoms with Crippen LogP contribution in [0.2, 0.25) is 0 Å². The van der Waals surface area contributed by atoms with Gasteiger partial charge >= 0.3 is 6.03 Å². The Morgan fingerprint density at radius 1 is 1.05 bits per heavy atom. The molecule has 1 aliphatic heterocycles. The van der Waals surface area contributed by atoms with Crippen LogP contribution in [-0.2, 0) is 16.2 Å². The Balaban J connectivity index is 1.45. The molecule has 192 valence electrons. The largest absolute Gasteiger partial charge is 0.490 e. The Hall–Kier alpha value is -5.10. The van der Waals surface area contributed by atoms with Crippen molar-refractivity contribution in [2.45, 2.75) is 20.5 Å². The minimum Gasteiger partial charge on any atom is -0.490 e. The molecule has 0 spiro atoms. The lowest BCUT2D eigenvalue weighted by molar-refractivity contribution is -0.127. The molecule has 0 radical (unpaired) electrons. The zero-order valence-corrected chi connectivity index (χ0v) is 21.0. The molecule has 0 bridgehead atoms. The van der Waals surface area contributed by atoms with E-state index in [4.69, 9.17) is 9.47 Å². The number of hydrogen-bond acceptors (Lipinski definition) is 6. The number of benzene rings is 3. The minimum absolute atomic E-state index is 0.0391. The zero-order chi connectivity index (χ0) is 27.1. The summed E-state index contributed by atoms with van der Waals surface area (Å²) in [6.45, 7) is 3.90. The molecule has 0 aromatic heterocycles. The van der Waals surface area contributed by atoms with Crippen LogP contribution in [0.3, 0.4) is 0 Å². The van der Waals surface area contributed by atoms with Gasteiger partial charge < -0.3 is 20.1 Å². The normalized spacial score (nSPS) is 13.7. The molecule has 1 saturated heterocycles. The lowest BCUT2D eigenvalue weighted by Gasteiger charge is -2.13. The van der Waals surface area contributed by atoms with Gasteiger partial charge in [0, 0.05) is 11.3 Å². The number of carbonyl (C=O) groups is 3. The van der Waals surface area contributed by atoms with Gasteiger partial charge in [0.2, 0.25) is 5.91 Å². The van der Waals surface area contributed by atoms with Crippen LogP contribution >= 0.6 is 0 Å². The number of carbonyl (C=O) groups excluding carboxylic acids is 3. The molecular weight excluding hydrogens is 484 g/mol. The quantitative estimate of drug-likeness (QED) is 0.326. The first kappa shape index (κ1) is 26.0. The zero-order valence-electron chi connectivity index (χ0n) is 21.0. The van der Waals surface area contributed by atoms with Crippen LogP contribution in [0, 0.1) is 18.3 Å². The Bertz CT molecular complexity index is 1440. The Labute approximate surface area is 220 Å². The van der Waals surface area contributed by atoms with E-state index in [1.54, 1.807) is 42.5 Å². The molecule has 0 saturated carbocycles. The predicted octanol–water partition coefficient (Wildman–Crippen LogP) is 4.38.